The molecule has 3 rings (SSSR count). The van der Waals surface area contributed by atoms with Crippen LogP contribution in [0.2, 0.25) is 0 Å². The third-order valence-corrected chi connectivity index (χ3v) is 5.32. The summed E-state index contributed by atoms with van der Waals surface area (Å²) in [6.07, 6.45) is 7.35. The number of aromatic nitrogens is 1. The lowest BCUT2D eigenvalue weighted by molar-refractivity contribution is 0.127. The second kappa shape index (κ2) is 8.36. The summed E-state index contributed by atoms with van der Waals surface area (Å²) in [6.45, 7) is 0.219. The molecule has 0 bridgehead atoms. The van der Waals surface area contributed by atoms with Crippen molar-refractivity contribution in [3.63, 3.8) is 0 Å². The van der Waals surface area contributed by atoms with Crippen LogP contribution < -0.4 is 5.32 Å². The van der Waals surface area contributed by atoms with E-state index in [2.05, 4.69) is 15.5 Å². The summed E-state index contributed by atoms with van der Waals surface area (Å²) >= 11 is 5.68. The van der Waals surface area contributed by atoms with Crippen molar-refractivity contribution in [1.29, 1.82) is 0 Å². The molecule has 0 saturated heterocycles. The van der Waals surface area contributed by atoms with Crippen molar-refractivity contribution in [2.24, 2.45) is 5.16 Å². The minimum Gasteiger partial charge on any atom is -0.391 e. The van der Waals surface area contributed by atoms with Gasteiger partial charge in [0.1, 0.15) is 12.4 Å². The maximum Gasteiger partial charge on any atom is 0.142 e. The number of halogens is 1. The molecule has 136 valence electrons. The molecule has 4 nitrogen and oxygen atoms in total. The average Bonchev–Trinajstić information content (AvgIpc) is 2.68. The summed E-state index contributed by atoms with van der Waals surface area (Å²) in [5.74, 6) is -0.280. The highest BCUT2D eigenvalue weighted by atomic mass is 32.1. The molecule has 1 fully saturated rings. The summed E-state index contributed by atoms with van der Waals surface area (Å²) in [4.78, 5) is 10.6. The molecule has 1 N–H and O–H groups in total. The van der Waals surface area contributed by atoms with Gasteiger partial charge in [-0.2, -0.15) is 0 Å². The largest absolute Gasteiger partial charge is 0.391 e. The molecule has 1 aromatic heterocycles. The summed E-state index contributed by atoms with van der Waals surface area (Å²) in [5.41, 5.74) is 2.16. The second-order valence-electron chi connectivity index (χ2n) is 6.37. The first-order valence-electron chi connectivity index (χ1n) is 8.73. The van der Waals surface area contributed by atoms with E-state index >= 15 is 0 Å². The maximum atomic E-state index is 13.3. The Kier molecular flexibility index (Phi) is 5.93. The normalized spacial score (nSPS) is 21.4. The topological polar surface area (TPSA) is 46.5 Å². The van der Waals surface area contributed by atoms with Crippen LogP contribution in [0.15, 0.2) is 53.9 Å². The minimum absolute atomic E-state index is 0.219. The Morgan fingerprint density at radius 1 is 1.35 bits per heavy atom. The first-order valence-corrected chi connectivity index (χ1v) is 9.14. The van der Waals surface area contributed by atoms with Crippen molar-refractivity contribution < 1.29 is 9.23 Å². The van der Waals surface area contributed by atoms with Gasteiger partial charge in [0.2, 0.25) is 0 Å². The molecule has 0 aliphatic heterocycles. The zero-order valence-corrected chi connectivity index (χ0v) is 15.6. The van der Waals surface area contributed by atoms with Crippen molar-refractivity contribution in [3.8, 4) is 0 Å². The molecule has 1 atom stereocenters. The molecule has 6 heteroatoms. The Morgan fingerprint density at radius 3 is 2.96 bits per heavy atom. The van der Waals surface area contributed by atoms with Crippen LogP contribution >= 0.6 is 12.2 Å². The van der Waals surface area contributed by atoms with Crippen LogP contribution in [-0.2, 0) is 16.9 Å². The fourth-order valence-corrected chi connectivity index (χ4v) is 3.83. The molecule has 2 aromatic rings. The first kappa shape index (κ1) is 18.5. The number of oxime groups is 1. The number of hydrogen-bond acceptors (Lipinski definition) is 4. The number of likely N-dealkylation sites (N-methyl/N-ethyl adjacent to an activating group) is 1. The van der Waals surface area contributed by atoms with Crippen molar-refractivity contribution in [3.05, 3.63) is 65.7 Å². The Labute approximate surface area is 158 Å². The van der Waals surface area contributed by atoms with Crippen LogP contribution in [0.3, 0.4) is 0 Å². The average molecular weight is 371 g/mol. The summed E-state index contributed by atoms with van der Waals surface area (Å²) in [5, 5.41) is 7.58. The van der Waals surface area contributed by atoms with Gasteiger partial charge in [-0.3, -0.25) is 4.98 Å². The predicted octanol–water partition coefficient (Wildman–Crippen LogP) is 4.15. The number of nitrogens with zero attached hydrogens (tertiary/aromatic N) is 2. The van der Waals surface area contributed by atoms with E-state index in [1.807, 2.05) is 31.4 Å². The van der Waals surface area contributed by atoms with Gasteiger partial charge in [0, 0.05) is 19.4 Å². The SMILES string of the molecule is CNC(=S)C1(c2cccnc2)CCCCC1=NOCc1cccc(F)c1. The van der Waals surface area contributed by atoms with E-state index in [0.29, 0.717) is 0 Å². The number of rotatable bonds is 5. The van der Waals surface area contributed by atoms with Crippen LogP contribution in [0, 0.1) is 5.82 Å². The number of thiocarbonyl (C=S) groups is 1. The van der Waals surface area contributed by atoms with Gasteiger partial charge >= 0.3 is 0 Å². The molecule has 1 aromatic carbocycles. The Balaban J connectivity index is 1.90. The van der Waals surface area contributed by atoms with Crippen molar-refractivity contribution in [2.45, 2.75) is 37.7 Å². The molecule has 1 aliphatic carbocycles. The molecule has 1 saturated carbocycles. The molecule has 1 aliphatic rings. The number of nitrogens with one attached hydrogen (secondary N) is 1. The summed E-state index contributed by atoms with van der Waals surface area (Å²) < 4.78 is 13.3. The van der Waals surface area contributed by atoms with Gasteiger partial charge in [-0.1, -0.05) is 42.0 Å². The van der Waals surface area contributed by atoms with Gasteiger partial charge in [0.15, 0.2) is 0 Å². The molecule has 26 heavy (non-hydrogen) atoms. The van der Waals surface area contributed by atoms with Crippen LogP contribution in [0.1, 0.15) is 36.8 Å². The third-order valence-electron chi connectivity index (χ3n) is 4.77. The van der Waals surface area contributed by atoms with Gasteiger partial charge in [-0.05, 0) is 48.6 Å². The Morgan fingerprint density at radius 2 is 2.23 bits per heavy atom. The lowest BCUT2D eigenvalue weighted by Crippen LogP contribution is -2.50. The maximum absolute atomic E-state index is 13.3. The van der Waals surface area contributed by atoms with E-state index in [1.165, 1.54) is 12.1 Å². The van der Waals surface area contributed by atoms with E-state index < -0.39 is 5.41 Å². The van der Waals surface area contributed by atoms with Crippen molar-refractivity contribution >= 4 is 22.9 Å². The summed E-state index contributed by atoms with van der Waals surface area (Å²) in [6, 6.07) is 10.3. The molecule has 1 unspecified atom stereocenters. The molecule has 0 spiro atoms. The highest BCUT2D eigenvalue weighted by molar-refractivity contribution is 7.80. The van der Waals surface area contributed by atoms with Crippen LogP contribution in [-0.4, -0.2) is 22.7 Å². The van der Waals surface area contributed by atoms with Gasteiger partial charge in [0.05, 0.1) is 16.1 Å². The fourth-order valence-electron chi connectivity index (χ4n) is 3.49. The molecular formula is C20H22FN3OS. The number of benzene rings is 1. The Hall–Kier alpha value is -2.34. The molecule has 0 amide bonds. The van der Waals surface area contributed by atoms with Crippen molar-refractivity contribution in [2.75, 3.05) is 7.05 Å². The standard InChI is InChI=1S/C20H22FN3OS/c1-22-19(26)20(16-7-5-11-23-13-16)10-3-2-9-18(20)24-25-14-15-6-4-8-17(21)12-15/h4-8,11-13H,2-3,9-10,14H2,1H3,(H,22,26). The van der Waals surface area contributed by atoms with Crippen LogP contribution in [0.4, 0.5) is 4.39 Å². The minimum atomic E-state index is -0.501. The highest BCUT2D eigenvalue weighted by Gasteiger charge is 2.44. The lowest BCUT2D eigenvalue weighted by Gasteiger charge is -2.38. The van der Waals surface area contributed by atoms with Gasteiger partial charge in [0.25, 0.3) is 0 Å². The molecule has 0 radical (unpaired) electrons. The zero-order chi connectivity index (χ0) is 18.4. The van der Waals surface area contributed by atoms with Crippen LogP contribution in [0.25, 0.3) is 0 Å². The second-order valence-corrected chi connectivity index (χ2v) is 6.78. The van der Waals surface area contributed by atoms with E-state index in [9.17, 15) is 4.39 Å². The fraction of sp³-hybridized carbons (Fsp3) is 0.350. The predicted molar refractivity (Wildman–Crippen MR) is 105 cm³/mol. The Bertz CT molecular complexity index is 797. The number of pyridine rings is 1. The van der Waals surface area contributed by atoms with E-state index in [4.69, 9.17) is 17.1 Å². The van der Waals surface area contributed by atoms with E-state index in [1.54, 1.807) is 12.3 Å². The summed E-state index contributed by atoms with van der Waals surface area (Å²) in [7, 11) is 1.83. The quantitative estimate of drug-likeness (QED) is 0.633. The molecule has 1 heterocycles. The third kappa shape index (κ3) is 3.75. The zero-order valence-electron chi connectivity index (χ0n) is 14.7. The van der Waals surface area contributed by atoms with Crippen molar-refractivity contribution in [1.82, 2.24) is 10.3 Å². The first-order chi connectivity index (χ1) is 12.7. The monoisotopic (exact) mass is 371 g/mol. The van der Waals surface area contributed by atoms with Gasteiger partial charge in [-0.25, -0.2) is 4.39 Å². The van der Waals surface area contributed by atoms with Gasteiger partial charge < -0.3 is 10.2 Å². The van der Waals surface area contributed by atoms with Crippen LogP contribution in [0.5, 0.6) is 0 Å². The number of hydrogen-bond donors (Lipinski definition) is 1. The van der Waals surface area contributed by atoms with Gasteiger partial charge in [-0.15, -0.1) is 0 Å². The lowest BCUT2D eigenvalue weighted by atomic mass is 9.68. The smallest absolute Gasteiger partial charge is 0.142 e. The van der Waals surface area contributed by atoms with E-state index in [-0.39, 0.29) is 12.4 Å². The molecular weight excluding hydrogens is 349 g/mol. The van der Waals surface area contributed by atoms with E-state index in [0.717, 1.165) is 47.5 Å². The highest BCUT2D eigenvalue weighted by Crippen LogP contribution is 2.38.